The van der Waals surface area contributed by atoms with Gasteiger partial charge in [-0.2, -0.15) is 4.98 Å². The summed E-state index contributed by atoms with van der Waals surface area (Å²) >= 11 is 0. The van der Waals surface area contributed by atoms with Crippen LogP contribution in [0.25, 0.3) is 34.0 Å². The Morgan fingerprint density at radius 2 is 1.70 bits per heavy atom. The fraction of sp³-hybridized carbons (Fsp3) is 0.300. The lowest BCUT2D eigenvalue weighted by atomic mass is 9.94. The number of ether oxygens (including phenoxy) is 1. The number of rotatable bonds is 9. The first-order valence-electron chi connectivity index (χ1n) is 12.4. The van der Waals surface area contributed by atoms with Crippen molar-refractivity contribution in [1.82, 2.24) is 15.0 Å². The van der Waals surface area contributed by atoms with Crippen molar-refractivity contribution < 1.29 is 19.2 Å². The zero-order valence-electron chi connectivity index (χ0n) is 22.4. The van der Waals surface area contributed by atoms with Gasteiger partial charge in [-0.15, -0.1) is 0 Å². The van der Waals surface area contributed by atoms with Gasteiger partial charge in [0.05, 0.1) is 13.2 Å². The number of benzene rings is 3. The Hall–Kier alpha value is -3.81. The summed E-state index contributed by atoms with van der Waals surface area (Å²) in [6.45, 7) is 8.52. The van der Waals surface area contributed by atoms with Crippen molar-refractivity contribution in [2.45, 2.75) is 40.3 Å². The first-order valence-corrected chi connectivity index (χ1v) is 12.4. The summed E-state index contributed by atoms with van der Waals surface area (Å²) in [5.74, 6) is 0.0811. The molecule has 1 atom stereocenters. The van der Waals surface area contributed by atoms with Gasteiger partial charge in [0.2, 0.25) is 5.82 Å². The highest BCUT2D eigenvalue weighted by molar-refractivity contribution is 5.74. The molecule has 0 amide bonds. The standard InChI is InChI=1S/C28H29N3O4.C2H6/c1-18-7-5-6-8-24(18)25-14-13-22(15-23(25)17-34-4)28-29-27(30-35-28)21-11-9-20(10-12-21)19(2)31(3)16-26(32)33;1-2/h5-15,19H,16-17H2,1-4H3,(H,32,33);1-2H3. The third-order valence-corrected chi connectivity index (χ3v) is 6.21. The van der Waals surface area contributed by atoms with Crippen LogP contribution < -0.4 is 0 Å². The van der Waals surface area contributed by atoms with Gasteiger partial charge < -0.3 is 14.4 Å². The van der Waals surface area contributed by atoms with Gasteiger partial charge in [-0.1, -0.05) is 73.6 Å². The van der Waals surface area contributed by atoms with Gasteiger partial charge in [0.15, 0.2) is 0 Å². The lowest BCUT2D eigenvalue weighted by molar-refractivity contribution is -0.138. The van der Waals surface area contributed by atoms with Crippen LogP contribution in [0.5, 0.6) is 0 Å². The lowest BCUT2D eigenvalue weighted by Gasteiger charge is -2.23. The summed E-state index contributed by atoms with van der Waals surface area (Å²) in [7, 11) is 3.48. The lowest BCUT2D eigenvalue weighted by Crippen LogP contribution is -2.28. The molecule has 3 aromatic carbocycles. The number of aliphatic carboxylic acids is 1. The van der Waals surface area contributed by atoms with E-state index in [-0.39, 0.29) is 12.6 Å². The van der Waals surface area contributed by atoms with Crippen LogP contribution in [-0.4, -0.2) is 46.8 Å². The summed E-state index contributed by atoms with van der Waals surface area (Å²) in [6.07, 6.45) is 0. The third-order valence-electron chi connectivity index (χ3n) is 6.21. The van der Waals surface area contributed by atoms with Crippen molar-refractivity contribution in [1.29, 1.82) is 0 Å². The molecule has 7 nitrogen and oxygen atoms in total. The Bertz CT molecular complexity index is 1310. The Labute approximate surface area is 218 Å². The summed E-state index contributed by atoms with van der Waals surface area (Å²) in [4.78, 5) is 17.4. The van der Waals surface area contributed by atoms with E-state index in [4.69, 9.17) is 14.4 Å². The van der Waals surface area contributed by atoms with Gasteiger partial charge in [0.1, 0.15) is 0 Å². The second-order valence-electron chi connectivity index (χ2n) is 8.65. The number of hydrogen-bond donors (Lipinski definition) is 1. The second kappa shape index (κ2) is 12.9. The number of aryl methyl sites for hydroxylation is 1. The molecule has 0 fully saturated rings. The molecule has 0 aliphatic rings. The highest BCUT2D eigenvalue weighted by Crippen LogP contribution is 2.32. The van der Waals surface area contributed by atoms with E-state index >= 15 is 0 Å². The number of nitrogens with zero attached hydrogens (tertiary/aromatic N) is 3. The molecule has 0 aliphatic heterocycles. The van der Waals surface area contributed by atoms with Gasteiger partial charge in [-0.25, -0.2) is 0 Å². The number of aromatic nitrogens is 2. The number of carbonyl (C=O) groups is 1. The third kappa shape index (κ3) is 6.70. The Kier molecular flexibility index (Phi) is 9.71. The maximum atomic E-state index is 11.0. The SMILES string of the molecule is CC.COCc1cc(-c2nc(-c3ccc(C(C)N(C)CC(=O)O)cc3)no2)ccc1-c1ccccc1C. The van der Waals surface area contributed by atoms with Crippen LogP contribution in [0.2, 0.25) is 0 Å². The normalized spacial score (nSPS) is 11.6. The van der Waals surface area contributed by atoms with Gasteiger partial charge in [0.25, 0.3) is 5.89 Å². The molecule has 0 spiro atoms. The van der Waals surface area contributed by atoms with E-state index in [1.807, 2.05) is 69.3 Å². The van der Waals surface area contributed by atoms with Crippen molar-refractivity contribution in [2.75, 3.05) is 20.7 Å². The highest BCUT2D eigenvalue weighted by Gasteiger charge is 2.17. The van der Waals surface area contributed by atoms with Crippen molar-refractivity contribution in [2.24, 2.45) is 0 Å². The van der Waals surface area contributed by atoms with Crippen LogP contribution in [0, 0.1) is 6.92 Å². The first kappa shape index (κ1) is 27.8. The molecule has 7 heteroatoms. The molecule has 4 rings (SSSR count). The minimum Gasteiger partial charge on any atom is -0.480 e. The first-order chi connectivity index (χ1) is 17.9. The smallest absolute Gasteiger partial charge is 0.317 e. The maximum absolute atomic E-state index is 11.0. The molecule has 37 heavy (non-hydrogen) atoms. The fourth-order valence-electron chi connectivity index (χ4n) is 4.11. The molecular formula is C30H35N3O4. The van der Waals surface area contributed by atoms with Crippen LogP contribution in [0.15, 0.2) is 71.3 Å². The van der Waals surface area contributed by atoms with E-state index in [1.165, 1.54) is 11.1 Å². The van der Waals surface area contributed by atoms with Gasteiger partial charge in [0, 0.05) is 24.3 Å². The van der Waals surface area contributed by atoms with E-state index < -0.39 is 5.97 Å². The molecule has 1 aromatic heterocycles. The van der Waals surface area contributed by atoms with Crippen molar-refractivity contribution in [3.8, 4) is 34.0 Å². The Morgan fingerprint density at radius 3 is 2.35 bits per heavy atom. The molecule has 0 saturated carbocycles. The van der Waals surface area contributed by atoms with Crippen LogP contribution in [0.3, 0.4) is 0 Å². The molecular weight excluding hydrogens is 466 g/mol. The molecule has 194 valence electrons. The molecule has 0 saturated heterocycles. The zero-order valence-corrected chi connectivity index (χ0v) is 22.4. The molecule has 1 N–H and O–H groups in total. The van der Waals surface area contributed by atoms with Crippen LogP contribution >= 0.6 is 0 Å². The molecule has 0 bridgehead atoms. The second-order valence-corrected chi connectivity index (χ2v) is 8.65. The monoisotopic (exact) mass is 501 g/mol. The van der Waals surface area contributed by atoms with Gasteiger partial charge in [-0.05, 0) is 60.8 Å². The summed E-state index contributed by atoms with van der Waals surface area (Å²) in [5.41, 5.74) is 7.19. The molecule has 4 aromatic rings. The molecule has 1 unspecified atom stereocenters. The average molecular weight is 502 g/mol. The number of likely N-dealkylation sites (N-methyl/N-ethyl adjacent to an activating group) is 1. The van der Waals surface area contributed by atoms with Gasteiger partial charge >= 0.3 is 5.97 Å². The number of hydrogen-bond acceptors (Lipinski definition) is 6. The fourth-order valence-corrected chi connectivity index (χ4v) is 4.11. The van der Waals surface area contributed by atoms with E-state index in [2.05, 4.69) is 35.3 Å². The predicted octanol–water partition coefficient (Wildman–Crippen LogP) is 6.63. The van der Waals surface area contributed by atoms with Crippen molar-refractivity contribution in [3.05, 3.63) is 83.4 Å². The minimum atomic E-state index is -0.851. The van der Waals surface area contributed by atoms with Crippen molar-refractivity contribution >= 4 is 5.97 Å². The summed E-state index contributed by atoms with van der Waals surface area (Å²) in [6, 6.07) is 22.1. The topological polar surface area (TPSA) is 88.7 Å². The van der Waals surface area contributed by atoms with E-state index in [1.54, 1.807) is 19.1 Å². The van der Waals surface area contributed by atoms with E-state index in [0.29, 0.717) is 18.3 Å². The Balaban J connectivity index is 0.00000186. The highest BCUT2D eigenvalue weighted by atomic mass is 16.5. The van der Waals surface area contributed by atoms with Crippen LogP contribution in [-0.2, 0) is 16.1 Å². The minimum absolute atomic E-state index is 0.0230. The van der Waals surface area contributed by atoms with E-state index in [0.717, 1.165) is 27.8 Å². The predicted molar refractivity (Wildman–Crippen MR) is 146 cm³/mol. The number of carboxylic acids is 1. The number of carboxylic acid groups (broad SMARTS) is 1. The molecule has 0 radical (unpaired) electrons. The Morgan fingerprint density at radius 1 is 1.03 bits per heavy atom. The summed E-state index contributed by atoms with van der Waals surface area (Å²) in [5, 5.41) is 13.2. The van der Waals surface area contributed by atoms with Crippen LogP contribution in [0.1, 0.15) is 43.5 Å². The largest absolute Gasteiger partial charge is 0.480 e. The van der Waals surface area contributed by atoms with Crippen LogP contribution in [0.4, 0.5) is 0 Å². The molecule has 1 heterocycles. The van der Waals surface area contributed by atoms with Crippen molar-refractivity contribution in [3.63, 3.8) is 0 Å². The maximum Gasteiger partial charge on any atom is 0.317 e. The zero-order chi connectivity index (χ0) is 26.9. The van der Waals surface area contributed by atoms with Gasteiger partial charge in [-0.3, -0.25) is 9.69 Å². The molecule has 0 aliphatic carbocycles. The summed E-state index contributed by atoms with van der Waals surface area (Å²) < 4.78 is 11.1. The number of methoxy groups -OCH3 is 1. The quantitative estimate of drug-likeness (QED) is 0.275. The average Bonchev–Trinajstić information content (AvgIpc) is 3.40. The van der Waals surface area contributed by atoms with E-state index in [9.17, 15) is 4.79 Å².